The van der Waals surface area contributed by atoms with E-state index in [1.165, 1.54) is 18.4 Å². The Morgan fingerprint density at radius 3 is 2.50 bits per heavy atom. The number of ether oxygens (including phenoxy) is 2. The molecule has 1 aliphatic carbocycles. The molecule has 1 fully saturated rings. The Labute approximate surface area is 109 Å². The van der Waals surface area contributed by atoms with E-state index in [1.54, 1.807) is 14.2 Å². The number of rotatable bonds is 7. The summed E-state index contributed by atoms with van der Waals surface area (Å²) in [5.74, 6) is 1.66. The van der Waals surface area contributed by atoms with Crippen LogP contribution < -0.4 is 10.1 Å². The normalized spacial score (nSPS) is 22.6. The van der Waals surface area contributed by atoms with Gasteiger partial charge in [0.25, 0.3) is 0 Å². The summed E-state index contributed by atoms with van der Waals surface area (Å²) in [6.45, 7) is 1.91. The molecule has 0 unspecified atom stereocenters. The van der Waals surface area contributed by atoms with E-state index in [0.717, 1.165) is 31.2 Å². The van der Waals surface area contributed by atoms with Gasteiger partial charge in [-0.05, 0) is 49.4 Å². The first kappa shape index (κ1) is 13.4. The smallest absolute Gasteiger partial charge is 0.118 e. The standard InChI is InChI=1S/C15H23NO2/c1-17-9-3-8-16-14-10-13(11-14)12-4-6-15(18-2)7-5-12/h4-7,13-14,16H,3,8-11H2,1-2H3. The predicted molar refractivity (Wildman–Crippen MR) is 73.3 cm³/mol. The molecule has 0 heterocycles. The number of hydrogen-bond donors (Lipinski definition) is 1. The highest BCUT2D eigenvalue weighted by Gasteiger charge is 2.29. The molecule has 1 aromatic carbocycles. The van der Waals surface area contributed by atoms with Crippen LogP contribution in [0.25, 0.3) is 0 Å². The van der Waals surface area contributed by atoms with E-state index in [4.69, 9.17) is 9.47 Å². The van der Waals surface area contributed by atoms with Gasteiger partial charge in [-0.2, -0.15) is 0 Å². The SMILES string of the molecule is COCCCNC1CC(c2ccc(OC)cc2)C1. The maximum atomic E-state index is 5.17. The quantitative estimate of drug-likeness (QED) is 0.753. The van der Waals surface area contributed by atoms with Crippen molar-refractivity contribution in [1.82, 2.24) is 5.32 Å². The summed E-state index contributed by atoms with van der Waals surface area (Å²) in [5, 5.41) is 3.57. The van der Waals surface area contributed by atoms with Gasteiger partial charge >= 0.3 is 0 Å². The first-order valence-electron chi connectivity index (χ1n) is 6.69. The topological polar surface area (TPSA) is 30.5 Å². The third-order valence-electron chi connectivity index (χ3n) is 3.68. The molecule has 0 aromatic heterocycles. The van der Waals surface area contributed by atoms with Crippen molar-refractivity contribution < 1.29 is 9.47 Å². The van der Waals surface area contributed by atoms with Crippen LogP contribution in [0, 0.1) is 0 Å². The molecule has 1 aliphatic rings. The fraction of sp³-hybridized carbons (Fsp3) is 0.600. The van der Waals surface area contributed by atoms with Gasteiger partial charge in [0.05, 0.1) is 7.11 Å². The number of methoxy groups -OCH3 is 2. The summed E-state index contributed by atoms with van der Waals surface area (Å²) < 4.78 is 10.2. The summed E-state index contributed by atoms with van der Waals surface area (Å²) in [6.07, 6.45) is 3.60. The van der Waals surface area contributed by atoms with Crippen molar-refractivity contribution in [2.75, 3.05) is 27.4 Å². The van der Waals surface area contributed by atoms with Crippen molar-refractivity contribution in [2.45, 2.75) is 31.2 Å². The Bertz CT molecular complexity index is 344. The molecule has 0 amide bonds. The van der Waals surface area contributed by atoms with Gasteiger partial charge in [-0.25, -0.2) is 0 Å². The van der Waals surface area contributed by atoms with Crippen molar-refractivity contribution in [1.29, 1.82) is 0 Å². The first-order valence-corrected chi connectivity index (χ1v) is 6.69. The average Bonchev–Trinajstić information content (AvgIpc) is 2.37. The minimum absolute atomic E-state index is 0.689. The molecule has 0 atom stereocenters. The summed E-state index contributed by atoms with van der Waals surface area (Å²) in [4.78, 5) is 0. The van der Waals surface area contributed by atoms with Gasteiger partial charge in [0.15, 0.2) is 0 Å². The molecule has 3 heteroatoms. The minimum Gasteiger partial charge on any atom is -0.497 e. The molecular weight excluding hydrogens is 226 g/mol. The van der Waals surface area contributed by atoms with Crippen LogP contribution in [0.3, 0.4) is 0 Å². The molecule has 0 aliphatic heterocycles. The molecule has 100 valence electrons. The largest absolute Gasteiger partial charge is 0.497 e. The van der Waals surface area contributed by atoms with E-state index in [2.05, 4.69) is 29.6 Å². The van der Waals surface area contributed by atoms with E-state index in [9.17, 15) is 0 Å². The van der Waals surface area contributed by atoms with Crippen LogP contribution in [0.15, 0.2) is 24.3 Å². The second-order valence-electron chi connectivity index (χ2n) is 4.94. The first-order chi connectivity index (χ1) is 8.83. The van der Waals surface area contributed by atoms with Crippen LogP contribution in [-0.2, 0) is 4.74 Å². The lowest BCUT2D eigenvalue weighted by Crippen LogP contribution is -2.40. The maximum absolute atomic E-state index is 5.17. The predicted octanol–water partition coefficient (Wildman–Crippen LogP) is 2.57. The van der Waals surface area contributed by atoms with Gasteiger partial charge in [0, 0.05) is 19.8 Å². The molecular formula is C15H23NO2. The van der Waals surface area contributed by atoms with Crippen LogP contribution in [0.4, 0.5) is 0 Å². The Morgan fingerprint density at radius 2 is 1.89 bits per heavy atom. The molecule has 0 bridgehead atoms. The fourth-order valence-electron chi connectivity index (χ4n) is 2.46. The molecule has 18 heavy (non-hydrogen) atoms. The van der Waals surface area contributed by atoms with Crippen LogP contribution in [0.2, 0.25) is 0 Å². The minimum atomic E-state index is 0.689. The zero-order chi connectivity index (χ0) is 12.8. The molecule has 1 N–H and O–H groups in total. The van der Waals surface area contributed by atoms with E-state index < -0.39 is 0 Å². The lowest BCUT2D eigenvalue weighted by atomic mass is 9.76. The number of hydrogen-bond acceptors (Lipinski definition) is 3. The lowest BCUT2D eigenvalue weighted by molar-refractivity contribution is 0.189. The molecule has 1 saturated carbocycles. The Morgan fingerprint density at radius 1 is 1.17 bits per heavy atom. The van der Waals surface area contributed by atoms with Crippen LogP contribution in [0.5, 0.6) is 5.75 Å². The summed E-state index contributed by atoms with van der Waals surface area (Å²) in [5.41, 5.74) is 1.44. The second kappa shape index (κ2) is 6.76. The monoisotopic (exact) mass is 249 g/mol. The van der Waals surface area contributed by atoms with E-state index in [1.807, 2.05) is 0 Å². The molecule has 1 aromatic rings. The Kier molecular flexibility index (Phi) is 5.02. The van der Waals surface area contributed by atoms with Crippen LogP contribution in [-0.4, -0.2) is 33.4 Å². The third kappa shape index (κ3) is 3.47. The lowest BCUT2D eigenvalue weighted by Gasteiger charge is -2.36. The van der Waals surface area contributed by atoms with Gasteiger partial charge in [-0.3, -0.25) is 0 Å². The van der Waals surface area contributed by atoms with E-state index in [0.29, 0.717) is 6.04 Å². The number of nitrogens with one attached hydrogen (secondary N) is 1. The van der Waals surface area contributed by atoms with E-state index in [-0.39, 0.29) is 0 Å². The highest BCUT2D eigenvalue weighted by atomic mass is 16.5. The molecule has 0 saturated heterocycles. The summed E-state index contributed by atoms with van der Waals surface area (Å²) in [6, 6.07) is 9.16. The zero-order valence-corrected chi connectivity index (χ0v) is 11.3. The van der Waals surface area contributed by atoms with Crippen molar-refractivity contribution >= 4 is 0 Å². The fourth-order valence-corrected chi connectivity index (χ4v) is 2.46. The molecule has 0 spiro atoms. The second-order valence-corrected chi connectivity index (χ2v) is 4.94. The average molecular weight is 249 g/mol. The Balaban J connectivity index is 1.68. The van der Waals surface area contributed by atoms with Crippen molar-refractivity contribution in [3.63, 3.8) is 0 Å². The van der Waals surface area contributed by atoms with Crippen molar-refractivity contribution in [3.8, 4) is 5.75 Å². The summed E-state index contributed by atoms with van der Waals surface area (Å²) >= 11 is 0. The highest BCUT2D eigenvalue weighted by molar-refractivity contribution is 5.30. The van der Waals surface area contributed by atoms with Crippen LogP contribution >= 0.6 is 0 Å². The highest BCUT2D eigenvalue weighted by Crippen LogP contribution is 2.37. The van der Waals surface area contributed by atoms with E-state index >= 15 is 0 Å². The van der Waals surface area contributed by atoms with Gasteiger partial charge in [0.1, 0.15) is 5.75 Å². The molecule has 3 nitrogen and oxygen atoms in total. The van der Waals surface area contributed by atoms with Gasteiger partial charge in [0.2, 0.25) is 0 Å². The summed E-state index contributed by atoms with van der Waals surface area (Å²) in [7, 11) is 3.46. The molecule has 2 rings (SSSR count). The number of benzene rings is 1. The maximum Gasteiger partial charge on any atom is 0.118 e. The zero-order valence-electron chi connectivity index (χ0n) is 11.3. The van der Waals surface area contributed by atoms with Crippen LogP contribution in [0.1, 0.15) is 30.7 Å². The van der Waals surface area contributed by atoms with Crippen molar-refractivity contribution in [2.24, 2.45) is 0 Å². The third-order valence-corrected chi connectivity index (χ3v) is 3.68. The van der Waals surface area contributed by atoms with Crippen molar-refractivity contribution in [3.05, 3.63) is 29.8 Å². The van der Waals surface area contributed by atoms with Gasteiger partial charge < -0.3 is 14.8 Å². The Hall–Kier alpha value is -1.06. The van der Waals surface area contributed by atoms with Gasteiger partial charge in [-0.15, -0.1) is 0 Å². The van der Waals surface area contributed by atoms with Gasteiger partial charge in [-0.1, -0.05) is 12.1 Å². The molecule has 0 radical (unpaired) electrons.